The molecule has 5 heteroatoms. The Morgan fingerprint density at radius 3 is 2.28 bits per heavy atom. The predicted molar refractivity (Wildman–Crippen MR) is 100 cm³/mol. The molecular weight excluding hydrogens is 314 g/mol. The highest BCUT2D eigenvalue weighted by molar-refractivity contribution is 5.80. The van der Waals surface area contributed by atoms with Gasteiger partial charge in [0.05, 0.1) is 6.04 Å². The van der Waals surface area contributed by atoms with Gasteiger partial charge >= 0.3 is 0 Å². The second-order valence-corrected chi connectivity index (χ2v) is 7.39. The number of likely N-dealkylation sites (tertiary alicyclic amines) is 1. The molecule has 0 spiro atoms. The molecule has 138 valence electrons. The van der Waals surface area contributed by atoms with Crippen molar-refractivity contribution in [3.8, 4) is 0 Å². The number of benzene rings is 1. The minimum absolute atomic E-state index is 0.00907. The van der Waals surface area contributed by atoms with Gasteiger partial charge < -0.3 is 15.1 Å². The van der Waals surface area contributed by atoms with Gasteiger partial charge in [0.15, 0.2) is 0 Å². The predicted octanol–water partition coefficient (Wildman–Crippen LogP) is 2.30. The first-order valence-electron chi connectivity index (χ1n) is 9.18. The Morgan fingerprint density at radius 2 is 1.76 bits per heavy atom. The molecule has 2 rings (SSSR count). The van der Waals surface area contributed by atoms with Crippen LogP contribution < -0.4 is 5.32 Å². The normalized spacial score (nSPS) is 17.0. The van der Waals surface area contributed by atoms with Crippen LogP contribution >= 0.6 is 0 Å². The summed E-state index contributed by atoms with van der Waals surface area (Å²) in [5.41, 5.74) is 1.20. The van der Waals surface area contributed by atoms with Crippen LogP contribution in [-0.2, 0) is 9.59 Å². The molecule has 1 aromatic rings. The van der Waals surface area contributed by atoms with Crippen LogP contribution in [0.25, 0.3) is 0 Å². The van der Waals surface area contributed by atoms with Crippen LogP contribution in [-0.4, -0.2) is 55.3 Å². The molecule has 0 saturated carbocycles. The molecule has 1 aliphatic heterocycles. The molecular formula is C20H31N3O2. The van der Waals surface area contributed by atoms with E-state index in [1.807, 2.05) is 51.0 Å². The second-order valence-electron chi connectivity index (χ2n) is 7.39. The monoisotopic (exact) mass is 345 g/mol. The summed E-state index contributed by atoms with van der Waals surface area (Å²) in [6, 6.07) is 10.4. The first-order valence-corrected chi connectivity index (χ1v) is 9.18. The number of nitrogens with zero attached hydrogens (tertiary/aromatic N) is 2. The van der Waals surface area contributed by atoms with Crippen molar-refractivity contribution < 1.29 is 9.59 Å². The summed E-state index contributed by atoms with van der Waals surface area (Å²) < 4.78 is 0. The van der Waals surface area contributed by atoms with Crippen LogP contribution in [0.4, 0.5) is 0 Å². The molecule has 0 bridgehead atoms. The maximum atomic E-state index is 12.5. The van der Waals surface area contributed by atoms with Gasteiger partial charge in [-0.25, -0.2) is 0 Å². The van der Waals surface area contributed by atoms with Gasteiger partial charge in [0, 0.05) is 31.5 Å². The molecule has 1 N–H and O–H groups in total. The third kappa shape index (κ3) is 5.30. The summed E-state index contributed by atoms with van der Waals surface area (Å²) in [6.07, 6.45) is 1.50. The molecule has 5 nitrogen and oxygen atoms in total. The molecule has 1 aliphatic rings. The van der Waals surface area contributed by atoms with Crippen molar-refractivity contribution in [2.24, 2.45) is 11.8 Å². The van der Waals surface area contributed by atoms with Crippen molar-refractivity contribution in [1.29, 1.82) is 0 Å². The topological polar surface area (TPSA) is 52.7 Å². The van der Waals surface area contributed by atoms with E-state index in [0.29, 0.717) is 19.6 Å². The quantitative estimate of drug-likeness (QED) is 0.861. The number of likely N-dealkylation sites (N-methyl/N-ethyl adjacent to an activating group) is 1. The van der Waals surface area contributed by atoms with Crippen LogP contribution in [0.15, 0.2) is 30.3 Å². The minimum Gasteiger partial charge on any atom is -0.354 e. The zero-order valence-corrected chi connectivity index (χ0v) is 15.9. The van der Waals surface area contributed by atoms with Crippen LogP contribution in [0, 0.1) is 11.8 Å². The Labute approximate surface area is 151 Å². The lowest BCUT2D eigenvalue weighted by molar-refractivity contribution is -0.138. The average molecular weight is 345 g/mol. The maximum absolute atomic E-state index is 12.5. The SMILES string of the molecule is CC(C)C(=O)N1CCC(C(=O)NCC(c2ccccc2)N(C)C)CC1. The van der Waals surface area contributed by atoms with Crippen LogP contribution in [0.2, 0.25) is 0 Å². The number of carbonyl (C=O) groups excluding carboxylic acids is 2. The van der Waals surface area contributed by atoms with E-state index in [9.17, 15) is 9.59 Å². The summed E-state index contributed by atoms with van der Waals surface area (Å²) >= 11 is 0. The zero-order chi connectivity index (χ0) is 18.4. The number of rotatable bonds is 6. The molecule has 0 aliphatic carbocycles. The highest BCUT2D eigenvalue weighted by Crippen LogP contribution is 2.20. The van der Waals surface area contributed by atoms with Crippen LogP contribution in [0.5, 0.6) is 0 Å². The first kappa shape index (κ1) is 19.4. The summed E-state index contributed by atoms with van der Waals surface area (Å²) in [7, 11) is 4.06. The Kier molecular flexibility index (Phi) is 7.00. The van der Waals surface area contributed by atoms with Gasteiger partial charge in [-0.15, -0.1) is 0 Å². The van der Waals surface area contributed by atoms with Gasteiger partial charge in [-0.3, -0.25) is 9.59 Å². The Bertz CT molecular complexity index is 564. The molecule has 1 fully saturated rings. The van der Waals surface area contributed by atoms with Gasteiger partial charge in [0.25, 0.3) is 0 Å². The van der Waals surface area contributed by atoms with E-state index in [4.69, 9.17) is 0 Å². The van der Waals surface area contributed by atoms with Gasteiger partial charge in [-0.2, -0.15) is 0 Å². The number of carbonyl (C=O) groups is 2. The number of nitrogens with one attached hydrogen (secondary N) is 1. The van der Waals surface area contributed by atoms with E-state index in [-0.39, 0.29) is 29.7 Å². The van der Waals surface area contributed by atoms with Crippen molar-refractivity contribution in [2.75, 3.05) is 33.7 Å². The second kappa shape index (κ2) is 8.99. The van der Waals surface area contributed by atoms with Crippen LogP contribution in [0.1, 0.15) is 38.3 Å². The van der Waals surface area contributed by atoms with Crippen molar-refractivity contribution in [1.82, 2.24) is 15.1 Å². The summed E-state index contributed by atoms with van der Waals surface area (Å²) in [5, 5.41) is 3.12. The Morgan fingerprint density at radius 1 is 1.16 bits per heavy atom. The van der Waals surface area contributed by atoms with Gasteiger partial charge in [0.1, 0.15) is 0 Å². The lowest BCUT2D eigenvalue weighted by Gasteiger charge is -2.33. The third-order valence-electron chi connectivity index (χ3n) is 4.95. The van der Waals surface area contributed by atoms with Crippen molar-refractivity contribution in [2.45, 2.75) is 32.7 Å². The number of hydrogen-bond acceptors (Lipinski definition) is 3. The van der Waals surface area contributed by atoms with E-state index in [1.165, 1.54) is 5.56 Å². The standard InChI is InChI=1S/C20H31N3O2/c1-15(2)20(25)23-12-10-17(11-13-23)19(24)21-14-18(22(3)4)16-8-6-5-7-9-16/h5-9,15,17-18H,10-14H2,1-4H3,(H,21,24). The first-order chi connectivity index (χ1) is 11.9. The molecule has 1 atom stereocenters. The Hall–Kier alpha value is -1.88. The highest BCUT2D eigenvalue weighted by Gasteiger charge is 2.28. The molecule has 1 unspecified atom stereocenters. The number of piperidine rings is 1. The molecule has 0 aromatic heterocycles. The molecule has 1 heterocycles. The van der Waals surface area contributed by atoms with Gasteiger partial charge in [-0.05, 0) is 32.5 Å². The van der Waals surface area contributed by atoms with Crippen molar-refractivity contribution in [3.63, 3.8) is 0 Å². The van der Waals surface area contributed by atoms with Crippen LogP contribution in [0.3, 0.4) is 0 Å². The molecule has 1 aromatic carbocycles. The van der Waals surface area contributed by atoms with E-state index >= 15 is 0 Å². The fourth-order valence-electron chi connectivity index (χ4n) is 3.34. The molecule has 0 radical (unpaired) electrons. The lowest BCUT2D eigenvalue weighted by Crippen LogP contribution is -2.45. The van der Waals surface area contributed by atoms with E-state index in [2.05, 4.69) is 22.3 Å². The third-order valence-corrected chi connectivity index (χ3v) is 4.95. The highest BCUT2D eigenvalue weighted by atomic mass is 16.2. The fraction of sp³-hybridized carbons (Fsp3) is 0.600. The summed E-state index contributed by atoms with van der Waals surface area (Å²) in [5.74, 6) is 0.335. The smallest absolute Gasteiger partial charge is 0.225 e. The van der Waals surface area contributed by atoms with Crippen molar-refractivity contribution in [3.05, 3.63) is 35.9 Å². The van der Waals surface area contributed by atoms with Gasteiger partial charge in [-0.1, -0.05) is 44.2 Å². The molecule has 2 amide bonds. The minimum atomic E-state index is 0.00907. The van der Waals surface area contributed by atoms with E-state index in [1.54, 1.807) is 0 Å². The lowest BCUT2D eigenvalue weighted by atomic mass is 9.95. The largest absolute Gasteiger partial charge is 0.354 e. The molecule has 25 heavy (non-hydrogen) atoms. The van der Waals surface area contributed by atoms with E-state index in [0.717, 1.165) is 12.8 Å². The maximum Gasteiger partial charge on any atom is 0.225 e. The molecule has 1 saturated heterocycles. The average Bonchev–Trinajstić information content (AvgIpc) is 2.61. The van der Waals surface area contributed by atoms with Gasteiger partial charge in [0.2, 0.25) is 11.8 Å². The van der Waals surface area contributed by atoms with Crippen molar-refractivity contribution >= 4 is 11.8 Å². The number of amides is 2. The fourth-order valence-corrected chi connectivity index (χ4v) is 3.34. The summed E-state index contributed by atoms with van der Waals surface area (Å²) in [4.78, 5) is 28.6. The Balaban J connectivity index is 1.85. The van der Waals surface area contributed by atoms with E-state index < -0.39 is 0 Å². The number of hydrogen-bond donors (Lipinski definition) is 1. The zero-order valence-electron chi connectivity index (χ0n) is 15.9. The summed E-state index contributed by atoms with van der Waals surface area (Å²) in [6.45, 7) is 5.81.